The van der Waals surface area contributed by atoms with Crippen molar-refractivity contribution in [1.29, 1.82) is 0 Å². The van der Waals surface area contributed by atoms with E-state index in [9.17, 15) is 13.2 Å². The van der Waals surface area contributed by atoms with Gasteiger partial charge >= 0.3 is 0 Å². The number of sulfonamides is 1. The maximum absolute atomic E-state index is 12.6. The average molecular weight is 472 g/mol. The van der Waals surface area contributed by atoms with Crippen LogP contribution in [0.3, 0.4) is 0 Å². The Hall–Kier alpha value is -1.41. The number of hydrogen-bond acceptors (Lipinski definition) is 3. The Kier molecular flexibility index (Phi) is 6.57. The predicted octanol–water partition coefficient (Wildman–Crippen LogP) is 4.28. The fourth-order valence-electron chi connectivity index (χ4n) is 3.14. The molecule has 1 fully saturated rings. The highest BCUT2D eigenvalue weighted by Crippen LogP contribution is 2.24. The highest BCUT2D eigenvalue weighted by atomic mass is 79.9. The zero-order chi connectivity index (χ0) is 19.4. The molecule has 1 aliphatic rings. The van der Waals surface area contributed by atoms with Gasteiger partial charge in [0, 0.05) is 34.2 Å². The molecule has 1 aliphatic heterocycles. The van der Waals surface area contributed by atoms with Crippen molar-refractivity contribution in [3.63, 3.8) is 0 Å². The molecule has 0 bridgehead atoms. The van der Waals surface area contributed by atoms with Crippen LogP contribution in [0.1, 0.15) is 18.4 Å². The van der Waals surface area contributed by atoms with Gasteiger partial charge < -0.3 is 5.32 Å². The molecule has 2 aromatic carbocycles. The molecule has 0 aliphatic carbocycles. The minimum absolute atomic E-state index is 0.0695. The summed E-state index contributed by atoms with van der Waals surface area (Å²) in [7, 11) is -3.43. The zero-order valence-electron chi connectivity index (χ0n) is 14.6. The van der Waals surface area contributed by atoms with Gasteiger partial charge in [0.25, 0.3) is 0 Å². The Morgan fingerprint density at radius 3 is 2.52 bits per heavy atom. The molecule has 1 amide bonds. The number of rotatable bonds is 5. The first-order chi connectivity index (χ1) is 12.8. The first kappa shape index (κ1) is 20.3. The van der Waals surface area contributed by atoms with Crippen molar-refractivity contribution < 1.29 is 13.2 Å². The van der Waals surface area contributed by atoms with Crippen LogP contribution in [0.25, 0.3) is 0 Å². The van der Waals surface area contributed by atoms with E-state index in [4.69, 9.17) is 11.6 Å². The molecule has 0 atom stereocenters. The predicted molar refractivity (Wildman–Crippen MR) is 111 cm³/mol. The number of carbonyl (C=O) groups excluding carboxylic acids is 1. The molecule has 1 N–H and O–H groups in total. The minimum Gasteiger partial charge on any atom is -0.326 e. The van der Waals surface area contributed by atoms with E-state index < -0.39 is 10.0 Å². The summed E-state index contributed by atoms with van der Waals surface area (Å²) >= 11 is 9.31. The summed E-state index contributed by atoms with van der Waals surface area (Å²) in [6.45, 7) is 0.693. The molecule has 0 spiro atoms. The van der Waals surface area contributed by atoms with Crippen LogP contribution in [-0.4, -0.2) is 31.7 Å². The standard InChI is InChI=1S/C19H20BrClN2O3S/c20-16-4-2-6-18(12-16)22-19(24)15-7-9-23(10-8-15)27(25,26)13-14-3-1-5-17(21)11-14/h1-6,11-12,15H,7-10,13H2,(H,22,24). The van der Waals surface area contributed by atoms with Crippen LogP contribution in [0.5, 0.6) is 0 Å². The highest BCUT2D eigenvalue weighted by Gasteiger charge is 2.31. The Morgan fingerprint density at radius 1 is 1.15 bits per heavy atom. The van der Waals surface area contributed by atoms with Crippen LogP contribution in [0, 0.1) is 5.92 Å². The first-order valence-corrected chi connectivity index (χ1v) is 11.4. The summed E-state index contributed by atoms with van der Waals surface area (Å²) < 4.78 is 27.7. The van der Waals surface area contributed by atoms with Crippen LogP contribution in [0.2, 0.25) is 5.02 Å². The van der Waals surface area contributed by atoms with Gasteiger partial charge in [-0.2, -0.15) is 0 Å². The van der Waals surface area contributed by atoms with Crippen molar-refractivity contribution in [1.82, 2.24) is 4.31 Å². The molecule has 27 heavy (non-hydrogen) atoms. The third-order valence-electron chi connectivity index (χ3n) is 4.55. The fourth-order valence-corrected chi connectivity index (χ4v) is 5.30. The molecular weight excluding hydrogens is 452 g/mol. The number of carbonyl (C=O) groups is 1. The number of benzene rings is 2. The van der Waals surface area contributed by atoms with Crippen LogP contribution in [0.15, 0.2) is 53.0 Å². The van der Waals surface area contributed by atoms with E-state index in [-0.39, 0.29) is 17.6 Å². The van der Waals surface area contributed by atoms with Gasteiger partial charge in [0.1, 0.15) is 0 Å². The molecule has 3 rings (SSSR count). The second-order valence-corrected chi connectivity index (χ2v) is 9.88. The number of hydrogen-bond donors (Lipinski definition) is 1. The van der Waals surface area contributed by atoms with Crippen LogP contribution in [0.4, 0.5) is 5.69 Å². The Morgan fingerprint density at radius 2 is 1.85 bits per heavy atom. The van der Waals surface area contributed by atoms with Crippen molar-refractivity contribution in [2.45, 2.75) is 18.6 Å². The molecule has 144 valence electrons. The zero-order valence-corrected chi connectivity index (χ0v) is 17.7. The van der Waals surface area contributed by atoms with Crippen molar-refractivity contribution in [3.05, 3.63) is 63.6 Å². The molecular formula is C19H20BrClN2O3S. The van der Waals surface area contributed by atoms with Crippen molar-refractivity contribution in [3.8, 4) is 0 Å². The second-order valence-electron chi connectivity index (χ2n) is 6.56. The topological polar surface area (TPSA) is 66.5 Å². The summed E-state index contributed by atoms with van der Waals surface area (Å²) in [5.41, 5.74) is 1.39. The van der Waals surface area contributed by atoms with E-state index in [0.29, 0.717) is 36.5 Å². The lowest BCUT2D eigenvalue weighted by molar-refractivity contribution is -0.120. The molecule has 1 saturated heterocycles. The number of amides is 1. The van der Waals surface area contributed by atoms with Gasteiger partial charge in [-0.1, -0.05) is 45.7 Å². The van der Waals surface area contributed by atoms with Crippen molar-refractivity contribution in [2.24, 2.45) is 5.92 Å². The molecule has 2 aromatic rings. The molecule has 5 nitrogen and oxygen atoms in total. The first-order valence-electron chi connectivity index (χ1n) is 8.62. The summed E-state index contributed by atoms with van der Waals surface area (Å²) in [4.78, 5) is 12.5. The van der Waals surface area contributed by atoms with Crippen LogP contribution >= 0.6 is 27.5 Å². The van der Waals surface area contributed by atoms with E-state index in [0.717, 1.165) is 10.2 Å². The Bertz CT molecular complexity index is 928. The van der Waals surface area contributed by atoms with Gasteiger partial charge in [0.15, 0.2) is 0 Å². The summed E-state index contributed by atoms with van der Waals surface area (Å²) in [6, 6.07) is 14.3. The SMILES string of the molecule is O=C(Nc1cccc(Br)c1)C1CCN(S(=O)(=O)Cc2cccc(Cl)c2)CC1. The van der Waals surface area contributed by atoms with E-state index in [1.165, 1.54) is 4.31 Å². The molecule has 0 unspecified atom stereocenters. The maximum atomic E-state index is 12.6. The lowest BCUT2D eigenvalue weighted by Gasteiger charge is -2.30. The maximum Gasteiger partial charge on any atom is 0.227 e. The molecule has 0 radical (unpaired) electrons. The molecule has 1 heterocycles. The monoisotopic (exact) mass is 470 g/mol. The normalized spacial score (nSPS) is 16.2. The number of anilines is 1. The number of halogens is 2. The van der Waals surface area contributed by atoms with E-state index in [1.807, 2.05) is 24.3 Å². The number of piperidine rings is 1. The third kappa shape index (κ3) is 5.54. The quantitative estimate of drug-likeness (QED) is 0.708. The summed E-state index contributed by atoms with van der Waals surface area (Å²) in [6.07, 6.45) is 1.02. The molecule has 0 saturated carbocycles. The van der Waals surface area contributed by atoms with Gasteiger partial charge in [-0.05, 0) is 48.7 Å². The van der Waals surface area contributed by atoms with E-state index in [2.05, 4.69) is 21.2 Å². The second kappa shape index (κ2) is 8.73. The Labute approximate surface area is 172 Å². The molecule has 8 heteroatoms. The van der Waals surface area contributed by atoms with Crippen LogP contribution < -0.4 is 5.32 Å². The summed E-state index contributed by atoms with van der Waals surface area (Å²) in [5, 5.41) is 3.42. The number of nitrogens with zero attached hydrogens (tertiary/aromatic N) is 1. The van der Waals surface area contributed by atoms with E-state index in [1.54, 1.807) is 24.3 Å². The largest absolute Gasteiger partial charge is 0.326 e. The van der Waals surface area contributed by atoms with Crippen LogP contribution in [-0.2, 0) is 20.6 Å². The third-order valence-corrected chi connectivity index (χ3v) is 7.13. The van der Waals surface area contributed by atoms with E-state index >= 15 is 0 Å². The molecule has 0 aromatic heterocycles. The smallest absolute Gasteiger partial charge is 0.227 e. The van der Waals surface area contributed by atoms with Crippen molar-refractivity contribution in [2.75, 3.05) is 18.4 Å². The lowest BCUT2D eigenvalue weighted by atomic mass is 9.97. The van der Waals surface area contributed by atoms with Gasteiger partial charge in [0.05, 0.1) is 5.75 Å². The van der Waals surface area contributed by atoms with Gasteiger partial charge in [-0.15, -0.1) is 0 Å². The highest BCUT2D eigenvalue weighted by molar-refractivity contribution is 9.10. The van der Waals surface area contributed by atoms with Gasteiger partial charge in [0.2, 0.25) is 15.9 Å². The lowest BCUT2D eigenvalue weighted by Crippen LogP contribution is -2.41. The number of nitrogens with one attached hydrogen (secondary N) is 1. The van der Waals surface area contributed by atoms with Gasteiger partial charge in [-0.3, -0.25) is 4.79 Å². The van der Waals surface area contributed by atoms with Crippen molar-refractivity contribution >= 4 is 49.1 Å². The Balaban J connectivity index is 1.57. The average Bonchev–Trinajstić information content (AvgIpc) is 2.61. The summed E-state index contributed by atoms with van der Waals surface area (Å²) in [5.74, 6) is -0.343. The minimum atomic E-state index is -3.43. The fraction of sp³-hybridized carbons (Fsp3) is 0.316. The van der Waals surface area contributed by atoms with Gasteiger partial charge in [-0.25, -0.2) is 12.7 Å².